The molecule has 0 fully saturated rings. The fourth-order valence-corrected chi connectivity index (χ4v) is 2.49. The lowest BCUT2D eigenvalue weighted by Crippen LogP contribution is -2.27. The molecule has 0 saturated carbocycles. The maximum absolute atomic E-state index is 12.2. The van der Waals surface area contributed by atoms with Crippen molar-refractivity contribution in [2.75, 3.05) is 13.2 Å². The monoisotopic (exact) mass is 292 g/mol. The van der Waals surface area contributed by atoms with E-state index in [0.717, 1.165) is 24.0 Å². The number of carbonyl (C=O) groups is 2. The second kappa shape index (κ2) is 8.45. The van der Waals surface area contributed by atoms with Gasteiger partial charge in [0.15, 0.2) is 5.92 Å². The van der Waals surface area contributed by atoms with Gasteiger partial charge in [-0.25, -0.2) is 0 Å². The van der Waals surface area contributed by atoms with Gasteiger partial charge in [-0.15, -0.1) is 0 Å². The summed E-state index contributed by atoms with van der Waals surface area (Å²) in [5.41, 5.74) is 2.88. The van der Waals surface area contributed by atoms with E-state index in [-0.39, 0.29) is 13.2 Å². The lowest BCUT2D eigenvalue weighted by atomic mass is 9.89. The standard InChI is InChI=1S/C17H24O4/c1-5-12-10-9-11-14(13(12)6-2)15(16(18)20-7-3)17(19)21-8-4/h9-11,15H,5-8H2,1-4H3. The summed E-state index contributed by atoms with van der Waals surface area (Å²) in [6, 6.07) is 5.71. The molecule has 0 aromatic heterocycles. The van der Waals surface area contributed by atoms with Crippen LogP contribution < -0.4 is 0 Å². The van der Waals surface area contributed by atoms with Crippen LogP contribution in [-0.2, 0) is 31.9 Å². The van der Waals surface area contributed by atoms with Gasteiger partial charge in [0, 0.05) is 0 Å². The molecule has 4 nitrogen and oxygen atoms in total. The Labute approximate surface area is 126 Å². The second-order valence-electron chi connectivity index (χ2n) is 4.63. The van der Waals surface area contributed by atoms with E-state index < -0.39 is 17.9 Å². The molecule has 0 heterocycles. The molecule has 0 spiro atoms. The molecule has 116 valence electrons. The van der Waals surface area contributed by atoms with E-state index in [4.69, 9.17) is 9.47 Å². The number of hydrogen-bond acceptors (Lipinski definition) is 4. The molecular formula is C17H24O4. The fourth-order valence-electron chi connectivity index (χ4n) is 2.49. The van der Waals surface area contributed by atoms with Crippen molar-refractivity contribution >= 4 is 11.9 Å². The zero-order valence-corrected chi connectivity index (χ0v) is 13.3. The molecule has 1 aromatic rings. The molecule has 0 unspecified atom stereocenters. The summed E-state index contributed by atoms with van der Waals surface area (Å²) in [4.78, 5) is 24.4. The van der Waals surface area contributed by atoms with Gasteiger partial charge in [-0.3, -0.25) is 9.59 Å². The molecule has 1 aromatic carbocycles. The number of carbonyl (C=O) groups excluding carboxylic acids is 2. The molecular weight excluding hydrogens is 268 g/mol. The molecule has 0 amide bonds. The Balaban J connectivity index is 3.31. The normalized spacial score (nSPS) is 10.5. The molecule has 1 rings (SSSR count). The molecule has 0 saturated heterocycles. The summed E-state index contributed by atoms with van der Waals surface area (Å²) in [5.74, 6) is -2.08. The van der Waals surface area contributed by atoms with Crippen LogP contribution in [0.2, 0.25) is 0 Å². The molecule has 21 heavy (non-hydrogen) atoms. The van der Waals surface area contributed by atoms with E-state index in [2.05, 4.69) is 6.92 Å². The fraction of sp³-hybridized carbons (Fsp3) is 0.529. The van der Waals surface area contributed by atoms with Crippen LogP contribution in [0.15, 0.2) is 18.2 Å². The lowest BCUT2D eigenvalue weighted by molar-refractivity contribution is -0.156. The third kappa shape index (κ3) is 4.06. The van der Waals surface area contributed by atoms with Gasteiger partial charge in [-0.1, -0.05) is 32.0 Å². The number of aryl methyl sites for hydroxylation is 1. The Morgan fingerprint density at radius 1 is 0.952 bits per heavy atom. The lowest BCUT2D eigenvalue weighted by Gasteiger charge is -2.19. The molecule has 0 bridgehead atoms. The summed E-state index contributed by atoms with van der Waals surface area (Å²) < 4.78 is 10.1. The predicted octanol–water partition coefficient (Wildman–Crippen LogP) is 3.02. The highest BCUT2D eigenvalue weighted by Crippen LogP contribution is 2.27. The number of esters is 2. The van der Waals surface area contributed by atoms with Crippen molar-refractivity contribution in [2.45, 2.75) is 46.5 Å². The highest BCUT2D eigenvalue weighted by atomic mass is 16.6. The average molecular weight is 292 g/mol. The maximum atomic E-state index is 12.2. The van der Waals surface area contributed by atoms with E-state index in [0.29, 0.717) is 5.56 Å². The zero-order chi connectivity index (χ0) is 15.8. The van der Waals surface area contributed by atoms with Gasteiger partial charge in [0.1, 0.15) is 0 Å². The van der Waals surface area contributed by atoms with Gasteiger partial charge in [0.2, 0.25) is 0 Å². The highest BCUT2D eigenvalue weighted by molar-refractivity contribution is 6.01. The van der Waals surface area contributed by atoms with Crippen molar-refractivity contribution in [3.63, 3.8) is 0 Å². The van der Waals surface area contributed by atoms with Crippen LogP contribution in [-0.4, -0.2) is 25.2 Å². The first-order chi connectivity index (χ1) is 10.1. The topological polar surface area (TPSA) is 52.6 Å². The van der Waals surface area contributed by atoms with Gasteiger partial charge in [0.25, 0.3) is 0 Å². The number of ether oxygens (including phenoxy) is 2. The molecule has 0 aliphatic heterocycles. The molecule has 0 N–H and O–H groups in total. The number of hydrogen-bond donors (Lipinski definition) is 0. The van der Waals surface area contributed by atoms with Crippen LogP contribution in [0.3, 0.4) is 0 Å². The minimum atomic E-state index is -0.994. The van der Waals surface area contributed by atoms with Crippen LogP contribution in [0.5, 0.6) is 0 Å². The summed E-state index contributed by atoms with van der Waals surface area (Å²) in [7, 11) is 0. The molecule has 0 aliphatic rings. The van der Waals surface area contributed by atoms with Crippen molar-refractivity contribution in [3.8, 4) is 0 Å². The minimum absolute atomic E-state index is 0.240. The molecule has 0 atom stereocenters. The van der Waals surface area contributed by atoms with Gasteiger partial charge < -0.3 is 9.47 Å². The Hall–Kier alpha value is -1.84. The van der Waals surface area contributed by atoms with E-state index in [9.17, 15) is 9.59 Å². The molecule has 4 heteroatoms. The van der Waals surface area contributed by atoms with E-state index in [1.165, 1.54) is 0 Å². The highest BCUT2D eigenvalue weighted by Gasteiger charge is 2.33. The first-order valence-electron chi connectivity index (χ1n) is 7.54. The maximum Gasteiger partial charge on any atom is 0.324 e. The molecule has 0 aliphatic carbocycles. The Morgan fingerprint density at radius 2 is 1.52 bits per heavy atom. The zero-order valence-electron chi connectivity index (χ0n) is 13.3. The quantitative estimate of drug-likeness (QED) is 0.572. The van der Waals surface area contributed by atoms with Gasteiger partial charge in [-0.2, -0.15) is 0 Å². The third-order valence-corrected chi connectivity index (χ3v) is 3.40. The van der Waals surface area contributed by atoms with E-state index in [1.807, 2.05) is 25.1 Å². The predicted molar refractivity (Wildman–Crippen MR) is 81.2 cm³/mol. The number of rotatable bonds is 7. The second-order valence-corrected chi connectivity index (χ2v) is 4.63. The van der Waals surface area contributed by atoms with Crippen molar-refractivity contribution < 1.29 is 19.1 Å². The van der Waals surface area contributed by atoms with E-state index in [1.54, 1.807) is 13.8 Å². The van der Waals surface area contributed by atoms with Gasteiger partial charge >= 0.3 is 11.9 Å². The van der Waals surface area contributed by atoms with Crippen LogP contribution in [0.4, 0.5) is 0 Å². The first kappa shape index (κ1) is 17.2. The SMILES string of the molecule is CCOC(=O)C(C(=O)OCC)c1cccc(CC)c1CC. The van der Waals surface area contributed by atoms with Crippen molar-refractivity contribution in [1.29, 1.82) is 0 Å². The summed E-state index contributed by atoms with van der Waals surface area (Å²) in [6.45, 7) is 8.01. The largest absolute Gasteiger partial charge is 0.465 e. The van der Waals surface area contributed by atoms with Crippen LogP contribution >= 0.6 is 0 Å². The smallest absolute Gasteiger partial charge is 0.324 e. The van der Waals surface area contributed by atoms with Crippen LogP contribution in [0, 0.1) is 0 Å². The third-order valence-electron chi connectivity index (χ3n) is 3.40. The van der Waals surface area contributed by atoms with Crippen LogP contribution in [0.1, 0.15) is 50.3 Å². The Kier molecular flexibility index (Phi) is 6.92. The van der Waals surface area contributed by atoms with Gasteiger partial charge in [0.05, 0.1) is 13.2 Å². The first-order valence-corrected chi connectivity index (χ1v) is 7.54. The Bertz CT molecular complexity index is 476. The van der Waals surface area contributed by atoms with Crippen molar-refractivity contribution in [1.82, 2.24) is 0 Å². The summed E-state index contributed by atoms with van der Waals surface area (Å²) in [6.07, 6.45) is 1.62. The van der Waals surface area contributed by atoms with E-state index >= 15 is 0 Å². The van der Waals surface area contributed by atoms with Crippen LogP contribution in [0.25, 0.3) is 0 Å². The Morgan fingerprint density at radius 3 is 1.95 bits per heavy atom. The number of benzene rings is 1. The summed E-state index contributed by atoms with van der Waals surface area (Å²) >= 11 is 0. The minimum Gasteiger partial charge on any atom is -0.465 e. The van der Waals surface area contributed by atoms with Crippen molar-refractivity contribution in [2.24, 2.45) is 0 Å². The molecule has 0 radical (unpaired) electrons. The van der Waals surface area contributed by atoms with Crippen molar-refractivity contribution in [3.05, 3.63) is 34.9 Å². The van der Waals surface area contributed by atoms with Gasteiger partial charge in [-0.05, 0) is 43.4 Å². The summed E-state index contributed by atoms with van der Waals surface area (Å²) in [5, 5.41) is 0. The average Bonchev–Trinajstić information content (AvgIpc) is 2.47.